The number of rotatable bonds is 5. The Hall–Kier alpha value is -2.91. The van der Waals surface area contributed by atoms with Crippen LogP contribution in [0.4, 0.5) is 13.2 Å². The van der Waals surface area contributed by atoms with E-state index in [2.05, 4.69) is 20.3 Å². The highest BCUT2D eigenvalue weighted by atomic mass is 35.5. The first-order valence-electron chi connectivity index (χ1n) is 8.61. The molecule has 0 N–H and O–H groups in total. The SMILES string of the molecule is FC(F)(F)c1cccc(-c2noc(CSc3ccc(-c4ccc(Cl)cc4)nn3)n2)c1. The smallest absolute Gasteiger partial charge is 0.338 e. The fourth-order valence-corrected chi connectivity index (χ4v) is 3.35. The van der Waals surface area contributed by atoms with Crippen LogP contribution in [0.15, 0.2) is 70.2 Å². The number of hydrogen-bond acceptors (Lipinski definition) is 6. The van der Waals surface area contributed by atoms with E-state index in [1.54, 1.807) is 12.1 Å². The molecular formula is C20H12ClF3N4OS. The average molecular weight is 449 g/mol. The summed E-state index contributed by atoms with van der Waals surface area (Å²) in [5.74, 6) is 0.679. The van der Waals surface area contributed by atoms with Crippen molar-refractivity contribution < 1.29 is 17.7 Å². The van der Waals surface area contributed by atoms with Gasteiger partial charge in [0.1, 0.15) is 5.03 Å². The van der Waals surface area contributed by atoms with Gasteiger partial charge in [0, 0.05) is 16.1 Å². The molecule has 30 heavy (non-hydrogen) atoms. The van der Waals surface area contributed by atoms with Crippen molar-refractivity contribution in [2.75, 3.05) is 0 Å². The second-order valence-corrected chi connectivity index (χ2v) is 7.57. The number of aromatic nitrogens is 4. The van der Waals surface area contributed by atoms with Crippen LogP contribution < -0.4 is 0 Å². The second-order valence-electron chi connectivity index (χ2n) is 6.14. The van der Waals surface area contributed by atoms with Crippen molar-refractivity contribution in [2.24, 2.45) is 0 Å². The highest BCUT2D eigenvalue weighted by molar-refractivity contribution is 7.98. The Kier molecular flexibility index (Phi) is 5.74. The molecule has 0 atom stereocenters. The zero-order chi connectivity index (χ0) is 21.1. The lowest BCUT2D eigenvalue weighted by Gasteiger charge is -2.06. The van der Waals surface area contributed by atoms with Gasteiger partial charge in [0.25, 0.3) is 0 Å². The summed E-state index contributed by atoms with van der Waals surface area (Å²) in [6, 6.07) is 15.7. The van der Waals surface area contributed by atoms with Crippen molar-refractivity contribution in [1.29, 1.82) is 0 Å². The van der Waals surface area contributed by atoms with Gasteiger partial charge in [-0.05, 0) is 36.4 Å². The van der Waals surface area contributed by atoms with Crippen LogP contribution in [0.1, 0.15) is 11.5 Å². The Labute approximate surface area is 178 Å². The van der Waals surface area contributed by atoms with Crippen molar-refractivity contribution in [3.63, 3.8) is 0 Å². The molecule has 2 heterocycles. The third kappa shape index (κ3) is 4.80. The minimum absolute atomic E-state index is 0.0980. The lowest BCUT2D eigenvalue weighted by Crippen LogP contribution is -2.04. The Morgan fingerprint density at radius 3 is 2.43 bits per heavy atom. The summed E-state index contributed by atoms with van der Waals surface area (Å²) in [6.07, 6.45) is -4.44. The van der Waals surface area contributed by atoms with Crippen LogP contribution in [0, 0.1) is 0 Å². The average Bonchev–Trinajstić information content (AvgIpc) is 3.22. The van der Waals surface area contributed by atoms with Crippen molar-refractivity contribution in [2.45, 2.75) is 17.0 Å². The molecule has 0 unspecified atom stereocenters. The molecule has 2 aromatic carbocycles. The Balaban J connectivity index is 1.42. The van der Waals surface area contributed by atoms with Gasteiger partial charge in [-0.1, -0.05) is 52.8 Å². The van der Waals surface area contributed by atoms with E-state index in [4.69, 9.17) is 16.1 Å². The molecule has 5 nitrogen and oxygen atoms in total. The van der Waals surface area contributed by atoms with Gasteiger partial charge in [-0.3, -0.25) is 0 Å². The Morgan fingerprint density at radius 2 is 1.73 bits per heavy atom. The standard InChI is InChI=1S/C20H12ClF3N4OS/c21-15-6-4-12(5-7-15)16-8-9-18(27-26-16)30-11-17-25-19(28-29-17)13-2-1-3-14(10-13)20(22,23)24/h1-10H,11H2. The van der Waals surface area contributed by atoms with Gasteiger partial charge < -0.3 is 4.52 Å². The normalized spacial score (nSPS) is 11.6. The third-order valence-electron chi connectivity index (χ3n) is 4.04. The summed E-state index contributed by atoms with van der Waals surface area (Å²) in [5.41, 5.74) is 1.07. The van der Waals surface area contributed by atoms with Crippen molar-refractivity contribution in [3.8, 4) is 22.6 Å². The molecule has 0 spiro atoms. The van der Waals surface area contributed by atoms with Crippen LogP contribution in [0.2, 0.25) is 5.02 Å². The maximum absolute atomic E-state index is 12.9. The second kappa shape index (κ2) is 8.45. The van der Waals surface area contributed by atoms with Crippen LogP contribution >= 0.6 is 23.4 Å². The van der Waals surface area contributed by atoms with Gasteiger partial charge in [0.2, 0.25) is 11.7 Å². The minimum atomic E-state index is -4.44. The molecule has 4 aromatic rings. The third-order valence-corrected chi connectivity index (χ3v) is 5.20. The van der Waals surface area contributed by atoms with Crippen molar-refractivity contribution in [1.82, 2.24) is 20.3 Å². The van der Waals surface area contributed by atoms with E-state index < -0.39 is 11.7 Å². The molecule has 0 radical (unpaired) electrons. The molecule has 0 fully saturated rings. The molecule has 0 saturated heterocycles. The van der Waals surface area contributed by atoms with Crippen LogP contribution in [0.3, 0.4) is 0 Å². The van der Waals surface area contributed by atoms with Gasteiger partial charge in [-0.25, -0.2) is 0 Å². The molecule has 0 bridgehead atoms. The van der Waals surface area contributed by atoms with E-state index in [0.29, 0.717) is 21.5 Å². The molecular weight excluding hydrogens is 437 g/mol. The van der Waals surface area contributed by atoms with E-state index in [0.717, 1.165) is 17.7 Å². The van der Waals surface area contributed by atoms with Gasteiger partial charge in [0.05, 0.1) is 17.0 Å². The monoisotopic (exact) mass is 448 g/mol. The lowest BCUT2D eigenvalue weighted by molar-refractivity contribution is -0.137. The fraction of sp³-hybridized carbons (Fsp3) is 0.100. The van der Waals surface area contributed by atoms with E-state index in [1.165, 1.54) is 23.9 Å². The summed E-state index contributed by atoms with van der Waals surface area (Å²) < 4.78 is 43.7. The largest absolute Gasteiger partial charge is 0.416 e. The number of alkyl halides is 3. The van der Waals surface area contributed by atoms with Crippen LogP contribution in [0.25, 0.3) is 22.6 Å². The van der Waals surface area contributed by atoms with Gasteiger partial charge in [-0.15, -0.1) is 10.2 Å². The van der Waals surface area contributed by atoms with E-state index in [1.807, 2.05) is 24.3 Å². The summed E-state index contributed by atoms with van der Waals surface area (Å²) in [7, 11) is 0. The predicted octanol–water partition coefficient (Wildman–Crippen LogP) is 6.16. The van der Waals surface area contributed by atoms with Crippen molar-refractivity contribution >= 4 is 23.4 Å². The van der Waals surface area contributed by atoms with Gasteiger partial charge in [0.15, 0.2) is 0 Å². The van der Waals surface area contributed by atoms with Gasteiger partial charge >= 0.3 is 6.18 Å². The summed E-state index contributed by atoms with van der Waals surface area (Å²) >= 11 is 7.21. The first kappa shape index (κ1) is 20.4. The molecule has 10 heteroatoms. The van der Waals surface area contributed by atoms with Crippen LogP contribution in [0.5, 0.6) is 0 Å². The Bertz CT molecular complexity index is 1150. The van der Waals surface area contributed by atoms with Gasteiger partial charge in [-0.2, -0.15) is 18.2 Å². The molecule has 152 valence electrons. The quantitative estimate of drug-likeness (QED) is 0.341. The molecule has 4 rings (SSSR count). The molecule has 0 saturated carbocycles. The van der Waals surface area contributed by atoms with E-state index in [9.17, 15) is 13.2 Å². The number of thioether (sulfide) groups is 1. The zero-order valence-corrected chi connectivity index (χ0v) is 16.7. The first-order valence-corrected chi connectivity index (χ1v) is 9.97. The van der Waals surface area contributed by atoms with E-state index >= 15 is 0 Å². The number of benzene rings is 2. The lowest BCUT2D eigenvalue weighted by atomic mass is 10.1. The number of halogens is 4. The van der Waals surface area contributed by atoms with Crippen LogP contribution in [-0.4, -0.2) is 20.3 Å². The minimum Gasteiger partial charge on any atom is -0.338 e. The summed E-state index contributed by atoms with van der Waals surface area (Å²) in [4.78, 5) is 4.17. The van der Waals surface area contributed by atoms with Crippen molar-refractivity contribution in [3.05, 3.63) is 77.1 Å². The molecule has 0 aliphatic carbocycles. The van der Waals surface area contributed by atoms with E-state index in [-0.39, 0.29) is 17.3 Å². The summed E-state index contributed by atoms with van der Waals surface area (Å²) in [5, 5.41) is 13.4. The molecule has 0 aliphatic rings. The maximum atomic E-state index is 12.9. The molecule has 0 aliphatic heterocycles. The number of nitrogens with zero attached hydrogens (tertiary/aromatic N) is 4. The predicted molar refractivity (Wildman–Crippen MR) is 107 cm³/mol. The fourth-order valence-electron chi connectivity index (χ4n) is 2.57. The Morgan fingerprint density at radius 1 is 0.933 bits per heavy atom. The highest BCUT2D eigenvalue weighted by Gasteiger charge is 2.30. The summed E-state index contributed by atoms with van der Waals surface area (Å²) in [6.45, 7) is 0. The molecule has 0 amide bonds. The zero-order valence-electron chi connectivity index (χ0n) is 15.1. The topological polar surface area (TPSA) is 64.7 Å². The maximum Gasteiger partial charge on any atom is 0.416 e. The first-order chi connectivity index (χ1) is 14.4. The molecule has 2 aromatic heterocycles. The number of hydrogen-bond donors (Lipinski definition) is 0. The highest BCUT2D eigenvalue weighted by Crippen LogP contribution is 2.32. The van der Waals surface area contributed by atoms with Crippen LogP contribution in [-0.2, 0) is 11.9 Å².